The molecule has 0 bridgehead atoms. The number of nitrogens with two attached hydrogens (primary N) is 1. The molecule has 3 amide bonds. The molecule has 0 saturated carbocycles. The number of pyridine rings is 1. The zero-order valence-electron chi connectivity index (χ0n) is 26.0. The van der Waals surface area contributed by atoms with Crippen molar-refractivity contribution >= 4 is 51.0 Å². The Balaban J connectivity index is 1.42. The maximum Gasteiger partial charge on any atom is 0.417 e. The fourth-order valence-electron chi connectivity index (χ4n) is 6.58. The summed E-state index contributed by atoms with van der Waals surface area (Å²) in [6.45, 7) is 1.80. The van der Waals surface area contributed by atoms with E-state index >= 15 is 0 Å². The van der Waals surface area contributed by atoms with E-state index in [1.54, 1.807) is 31.3 Å². The summed E-state index contributed by atoms with van der Waals surface area (Å²) in [5, 5.41) is 2.10. The lowest BCUT2D eigenvalue weighted by Crippen LogP contribution is -2.52. The van der Waals surface area contributed by atoms with Gasteiger partial charge in [-0.05, 0) is 71.1 Å². The van der Waals surface area contributed by atoms with Crippen molar-refractivity contribution in [1.29, 1.82) is 0 Å². The minimum Gasteiger partial charge on any atom is -0.368 e. The van der Waals surface area contributed by atoms with Crippen molar-refractivity contribution in [3.63, 3.8) is 0 Å². The predicted octanol–water partition coefficient (Wildman–Crippen LogP) is 6.89. The van der Waals surface area contributed by atoms with Gasteiger partial charge in [-0.2, -0.15) is 13.2 Å². The van der Waals surface area contributed by atoms with Crippen LogP contribution in [0.5, 0.6) is 0 Å². The van der Waals surface area contributed by atoms with Gasteiger partial charge in [-0.15, -0.1) is 0 Å². The van der Waals surface area contributed by atoms with Crippen LogP contribution in [0.2, 0.25) is 5.02 Å². The summed E-state index contributed by atoms with van der Waals surface area (Å²) >= 11 is 5.97. The molecule has 11 heteroatoms. The zero-order chi connectivity index (χ0) is 34.2. The Kier molecular flexibility index (Phi) is 9.11. The van der Waals surface area contributed by atoms with Crippen LogP contribution < -0.4 is 5.73 Å². The second-order valence-corrected chi connectivity index (χ2v) is 12.5. The lowest BCUT2D eigenvalue weighted by molar-refractivity contribution is -0.148. The minimum atomic E-state index is -4.82. The highest BCUT2D eigenvalue weighted by atomic mass is 35.5. The highest BCUT2D eigenvalue weighted by molar-refractivity contribution is 6.31. The number of carbonyl (C=O) groups is 3. The molecule has 2 N–H and O–H groups in total. The van der Waals surface area contributed by atoms with E-state index in [2.05, 4.69) is 4.98 Å². The Morgan fingerprint density at radius 3 is 2.50 bits per heavy atom. The number of primary amides is 1. The van der Waals surface area contributed by atoms with E-state index in [9.17, 15) is 27.6 Å². The molecule has 3 atom stereocenters. The third-order valence-corrected chi connectivity index (χ3v) is 9.31. The molecular formula is C37H32ClF3N4O3. The molecule has 4 aromatic carbocycles. The third-order valence-electron chi connectivity index (χ3n) is 8.98. The molecule has 0 radical (unpaired) electrons. The zero-order valence-corrected chi connectivity index (χ0v) is 26.7. The van der Waals surface area contributed by atoms with Crippen LogP contribution in [0.4, 0.5) is 13.2 Å². The van der Waals surface area contributed by atoms with Crippen LogP contribution in [0.15, 0.2) is 97.2 Å². The summed E-state index contributed by atoms with van der Waals surface area (Å²) in [6, 6.07) is 22.3. The molecule has 1 aliphatic rings. The predicted molar refractivity (Wildman–Crippen MR) is 178 cm³/mol. The highest BCUT2D eigenvalue weighted by Crippen LogP contribution is 2.39. The molecule has 1 unspecified atom stereocenters. The summed E-state index contributed by atoms with van der Waals surface area (Å²) in [5.74, 6) is -1.92. The smallest absolute Gasteiger partial charge is 0.368 e. The van der Waals surface area contributed by atoms with E-state index in [1.807, 2.05) is 54.6 Å². The van der Waals surface area contributed by atoms with Gasteiger partial charge in [0.15, 0.2) is 0 Å². The lowest BCUT2D eigenvalue weighted by atomic mass is 9.96. The minimum absolute atomic E-state index is 0.0556. The van der Waals surface area contributed by atoms with Crippen molar-refractivity contribution in [1.82, 2.24) is 14.8 Å². The molecular weight excluding hydrogens is 641 g/mol. The molecule has 1 fully saturated rings. The van der Waals surface area contributed by atoms with Gasteiger partial charge in [0.05, 0.1) is 22.5 Å². The van der Waals surface area contributed by atoms with E-state index in [0.29, 0.717) is 5.56 Å². The van der Waals surface area contributed by atoms with Gasteiger partial charge in [0.1, 0.15) is 12.1 Å². The van der Waals surface area contributed by atoms with Crippen LogP contribution in [0.25, 0.3) is 21.7 Å². The van der Waals surface area contributed by atoms with E-state index < -0.39 is 52.6 Å². The molecule has 0 aliphatic carbocycles. The molecule has 1 saturated heterocycles. The largest absolute Gasteiger partial charge is 0.417 e. The first kappa shape index (κ1) is 33.0. The molecule has 2 heterocycles. The lowest BCUT2D eigenvalue weighted by Gasteiger charge is -2.36. The Hall–Kier alpha value is -4.96. The molecule has 1 aromatic heterocycles. The van der Waals surface area contributed by atoms with Crippen LogP contribution >= 0.6 is 11.6 Å². The number of hydrogen-bond donors (Lipinski definition) is 1. The fraction of sp³-hybridized carbons (Fsp3) is 0.243. The first-order valence-electron chi connectivity index (χ1n) is 15.5. The molecule has 246 valence electrons. The molecule has 48 heavy (non-hydrogen) atoms. The maximum absolute atomic E-state index is 14.7. The maximum atomic E-state index is 14.7. The third kappa shape index (κ3) is 6.57. The van der Waals surface area contributed by atoms with Crippen LogP contribution in [-0.4, -0.2) is 51.1 Å². The molecule has 6 rings (SSSR count). The number of carbonyl (C=O) groups excluding carboxylic acids is 3. The SMILES string of the molecule is C[C@@H]1CCN(C(Cc2cccc3ccccc23)C(N)=O)C(=O)[C@H](c2ccc(Cl)c(C(F)(F)F)c2)N1C(=O)Cc1ccc2ncccc2c1. The number of alkyl halides is 3. The fourth-order valence-corrected chi connectivity index (χ4v) is 6.81. The highest BCUT2D eigenvalue weighted by Gasteiger charge is 2.44. The van der Waals surface area contributed by atoms with E-state index in [4.69, 9.17) is 17.3 Å². The monoisotopic (exact) mass is 672 g/mol. The molecule has 7 nitrogen and oxygen atoms in total. The normalized spacial score (nSPS) is 17.8. The number of nitrogens with zero attached hydrogens (tertiary/aromatic N) is 3. The van der Waals surface area contributed by atoms with E-state index in [1.165, 1.54) is 15.9 Å². The van der Waals surface area contributed by atoms with Gasteiger partial charge in [-0.1, -0.05) is 72.3 Å². The summed E-state index contributed by atoms with van der Waals surface area (Å²) < 4.78 is 42.2. The van der Waals surface area contributed by atoms with Gasteiger partial charge in [-0.25, -0.2) is 0 Å². The second-order valence-electron chi connectivity index (χ2n) is 12.1. The Bertz CT molecular complexity index is 2030. The number of halogens is 4. The van der Waals surface area contributed by atoms with E-state index in [-0.39, 0.29) is 31.4 Å². The first-order valence-corrected chi connectivity index (χ1v) is 15.9. The van der Waals surface area contributed by atoms with Gasteiger partial charge in [0.25, 0.3) is 5.91 Å². The van der Waals surface area contributed by atoms with Crippen molar-refractivity contribution in [2.45, 2.75) is 50.5 Å². The number of rotatable bonds is 7. The molecule has 5 aromatic rings. The van der Waals surface area contributed by atoms with Crippen molar-refractivity contribution < 1.29 is 27.6 Å². The Morgan fingerprint density at radius 1 is 0.979 bits per heavy atom. The average Bonchev–Trinajstić information content (AvgIpc) is 3.18. The topological polar surface area (TPSA) is 96.6 Å². The van der Waals surface area contributed by atoms with Gasteiger partial charge in [-0.3, -0.25) is 19.4 Å². The number of fused-ring (bicyclic) bond motifs is 2. The second kappa shape index (κ2) is 13.3. The average molecular weight is 673 g/mol. The van der Waals surface area contributed by atoms with Crippen molar-refractivity contribution in [2.75, 3.05) is 6.54 Å². The molecule has 0 spiro atoms. The summed E-state index contributed by atoms with van der Waals surface area (Å²) in [4.78, 5) is 48.9. The summed E-state index contributed by atoms with van der Waals surface area (Å²) in [7, 11) is 0. The number of amides is 3. The standard InChI is InChI=1S/C37H32ClF3N4O3/c1-22-15-17-44(32(35(42)47)21-25-8-4-7-24-6-2-3-10-28(24)25)36(48)34(27-12-13-30(38)29(20-27)37(39,40)41)45(22)33(46)19-23-11-14-31-26(18-23)9-5-16-43-31/h2-14,16,18,20,22,32,34H,15,17,19,21H2,1H3,(H2,42,47)/t22-,32?,34+/m1/s1. The van der Waals surface area contributed by atoms with Crippen molar-refractivity contribution in [3.8, 4) is 0 Å². The number of aromatic nitrogens is 1. The van der Waals surface area contributed by atoms with Crippen LogP contribution in [0.3, 0.4) is 0 Å². The van der Waals surface area contributed by atoms with E-state index in [0.717, 1.165) is 39.4 Å². The first-order chi connectivity index (χ1) is 22.9. The summed E-state index contributed by atoms with van der Waals surface area (Å²) in [6.07, 6.45) is -2.93. The number of hydrogen-bond acceptors (Lipinski definition) is 4. The van der Waals surface area contributed by atoms with Gasteiger partial charge in [0, 0.05) is 30.6 Å². The Morgan fingerprint density at radius 2 is 1.73 bits per heavy atom. The van der Waals surface area contributed by atoms with Crippen molar-refractivity contribution in [3.05, 3.63) is 124 Å². The molecule has 1 aliphatic heterocycles. The Labute approximate surface area is 280 Å². The van der Waals surface area contributed by atoms with Crippen molar-refractivity contribution in [2.24, 2.45) is 5.73 Å². The van der Waals surface area contributed by atoms with Crippen LogP contribution in [0.1, 0.15) is 41.6 Å². The van der Waals surface area contributed by atoms with Crippen LogP contribution in [0, 0.1) is 0 Å². The van der Waals surface area contributed by atoms with Gasteiger partial charge in [0.2, 0.25) is 11.8 Å². The van der Waals surface area contributed by atoms with Gasteiger partial charge >= 0.3 is 6.18 Å². The van der Waals surface area contributed by atoms with Gasteiger partial charge < -0.3 is 15.5 Å². The quantitative estimate of drug-likeness (QED) is 0.204. The number of benzene rings is 4. The summed E-state index contributed by atoms with van der Waals surface area (Å²) in [5.41, 5.74) is 6.92. The van der Waals surface area contributed by atoms with Crippen LogP contribution in [-0.2, 0) is 33.4 Å².